The summed E-state index contributed by atoms with van der Waals surface area (Å²) in [5.41, 5.74) is -1.17. The van der Waals surface area contributed by atoms with Crippen molar-refractivity contribution in [2.24, 2.45) is 5.92 Å². The summed E-state index contributed by atoms with van der Waals surface area (Å²) < 4.78 is 45.8. The van der Waals surface area contributed by atoms with Gasteiger partial charge >= 0.3 is 12.1 Å². The van der Waals surface area contributed by atoms with Crippen molar-refractivity contribution in [3.05, 3.63) is 0 Å². The van der Waals surface area contributed by atoms with Gasteiger partial charge in [0.15, 0.2) is 0 Å². The van der Waals surface area contributed by atoms with Crippen LogP contribution >= 0.6 is 0 Å². The highest BCUT2D eigenvalue weighted by atomic mass is 19.4. The number of methoxy groups -OCH3 is 1. The van der Waals surface area contributed by atoms with Gasteiger partial charge in [-0.3, -0.25) is 5.32 Å². The largest absolute Gasteiger partial charge is 0.468 e. The zero-order valence-corrected chi connectivity index (χ0v) is 11.3. The normalized spacial score (nSPS) is 19.3. The van der Waals surface area contributed by atoms with Gasteiger partial charge in [-0.25, -0.2) is 4.79 Å². The molecule has 1 N–H and O–H groups in total. The van der Waals surface area contributed by atoms with Gasteiger partial charge in [-0.1, -0.05) is 0 Å². The highest BCUT2D eigenvalue weighted by Gasteiger charge is 2.52. The molecule has 0 aliphatic heterocycles. The van der Waals surface area contributed by atoms with Gasteiger partial charge in [0.2, 0.25) is 0 Å². The summed E-state index contributed by atoms with van der Waals surface area (Å²) >= 11 is 0. The van der Waals surface area contributed by atoms with Crippen LogP contribution in [0, 0.1) is 5.92 Å². The Hall–Kier alpha value is -0.820. The minimum atomic E-state index is -4.40. The molecule has 1 fully saturated rings. The molecule has 0 spiro atoms. The minimum Gasteiger partial charge on any atom is -0.468 e. The van der Waals surface area contributed by atoms with Crippen LogP contribution in [-0.2, 0) is 14.3 Å². The molecule has 112 valence electrons. The molecule has 0 aromatic carbocycles. The summed E-state index contributed by atoms with van der Waals surface area (Å²) in [4.78, 5) is 12.0. The molecule has 1 atom stereocenters. The summed E-state index contributed by atoms with van der Waals surface area (Å²) in [6.07, 6.45) is -2.84. The quantitative estimate of drug-likeness (QED) is 0.725. The number of alkyl halides is 3. The second kappa shape index (κ2) is 6.09. The molecule has 1 aliphatic carbocycles. The van der Waals surface area contributed by atoms with Crippen molar-refractivity contribution in [2.45, 2.75) is 44.4 Å². The fourth-order valence-electron chi connectivity index (χ4n) is 2.16. The molecule has 0 saturated heterocycles. The van der Waals surface area contributed by atoms with E-state index in [1.165, 1.54) is 7.11 Å². The van der Waals surface area contributed by atoms with Crippen molar-refractivity contribution in [1.29, 1.82) is 0 Å². The number of esters is 1. The number of nitrogens with one attached hydrogen (secondary N) is 1. The number of hydrogen-bond acceptors (Lipinski definition) is 4. The van der Waals surface area contributed by atoms with Crippen LogP contribution in [0.25, 0.3) is 0 Å². The first-order valence-electron chi connectivity index (χ1n) is 6.22. The van der Waals surface area contributed by atoms with Gasteiger partial charge in [0.1, 0.15) is 12.1 Å². The van der Waals surface area contributed by atoms with E-state index in [-0.39, 0.29) is 18.6 Å². The van der Waals surface area contributed by atoms with Crippen LogP contribution in [0.2, 0.25) is 0 Å². The fourth-order valence-corrected chi connectivity index (χ4v) is 2.16. The van der Waals surface area contributed by atoms with Crippen LogP contribution in [0.4, 0.5) is 13.2 Å². The summed E-state index contributed by atoms with van der Waals surface area (Å²) in [5, 5.41) is 3.03. The lowest BCUT2D eigenvalue weighted by Gasteiger charge is -2.34. The number of carbonyl (C=O) groups is 1. The monoisotopic (exact) mass is 283 g/mol. The van der Waals surface area contributed by atoms with Gasteiger partial charge in [-0.2, -0.15) is 13.2 Å². The Kier molecular flexibility index (Phi) is 5.20. The molecule has 1 saturated carbocycles. The average molecular weight is 283 g/mol. The van der Waals surface area contributed by atoms with Gasteiger partial charge in [-0.05, 0) is 32.6 Å². The SMILES string of the molecule is COC(=O)C(COCC(F)(F)F)(NC(C)C)C1CC1. The van der Waals surface area contributed by atoms with Crippen molar-refractivity contribution in [2.75, 3.05) is 20.3 Å². The lowest BCUT2D eigenvalue weighted by Crippen LogP contribution is -2.60. The zero-order valence-electron chi connectivity index (χ0n) is 11.3. The second-order valence-corrected chi connectivity index (χ2v) is 5.14. The Bertz CT molecular complexity index is 316. The van der Waals surface area contributed by atoms with Crippen molar-refractivity contribution in [3.8, 4) is 0 Å². The fraction of sp³-hybridized carbons (Fsp3) is 0.917. The lowest BCUT2D eigenvalue weighted by molar-refractivity contribution is -0.184. The van der Waals surface area contributed by atoms with Gasteiger partial charge in [0.05, 0.1) is 13.7 Å². The molecule has 1 unspecified atom stereocenters. The molecule has 1 aliphatic rings. The molecule has 0 heterocycles. The Balaban J connectivity index is 2.75. The number of carbonyl (C=O) groups excluding carboxylic acids is 1. The Labute approximate surface area is 110 Å². The summed E-state index contributed by atoms with van der Waals surface area (Å²) in [5.74, 6) is -0.596. The maximum Gasteiger partial charge on any atom is 0.411 e. The number of halogens is 3. The second-order valence-electron chi connectivity index (χ2n) is 5.14. The molecule has 0 amide bonds. The molecule has 0 aromatic heterocycles. The molecular formula is C12H20F3NO3. The molecule has 0 bridgehead atoms. The maximum absolute atomic E-state index is 12.1. The minimum absolute atomic E-state index is 0.0319. The number of ether oxygens (including phenoxy) is 2. The van der Waals surface area contributed by atoms with E-state index in [1.807, 2.05) is 13.8 Å². The molecule has 19 heavy (non-hydrogen) atoms. The highest BCUT2D eigenvalue weighted by molar-refractivity contribution is 5.82. The molecule has 7 heteroatoms. The van der Waals surface area contributed by atoms with Crippen molar-refractivity contribution in [3.63, 3.8) is 0 Å². The number of hydrogen-bond donors (Lipinski definition) is 1. The van der Waals surface area contributed by atoms with E-state index >= 15 is 0 Å². The predicted molar refractivity (Wildman–Crippen MR) is 62.6 cm³/mol. The molecule has 4 nitrogen and oxygen atoms in total. The van der Waals surface area contributed by atoms with Gasteiger partial charge < -0.3 is 9.47 Å². The molecule has 1 rings (SSSR count). The standard InChI is InChI=1S/C12H20F3NO3/c1-8(2)16-11(9-4-5-9,10(17)18-3)6-19-7-12(13,14)15/h8-9,16H,4-7H2,1-3H3. The lowest BCUT2D eigenvalue weighted by atomic mass is 9.93. The Morgan fingerprint density at radius 3 is 2.26 bits per heavy atom. The smallest absolute Gasteiger partial charge is 0.411 e. The molecular weight excluding hydrogens is 263 g/mol. The third-order valence-corrected chi connectivity index (χ3v) is 2.97. The van der Waals surface area contributed by atoms with Crippen molar-refractivity contribution < 1.29 is 27.4 Å². The van der Waals surface area contributed by atoms with Crippen molar-refractivity contribution in [1.82, 2.24) is 5.32 Å². The average Bonchev–Trinajstić information content (AvgIpc) is 3.08. The van der Waals surface area contributed by atoms with Gasteiger partial charge in [0, 0.05) is 6.04 Å². The van der Waals surface area contributed by atoms with Crippen LogP contribution in [-0.4, -0.2) is 44.0 Å². The van der Waals surface area contributed by atoms with Crippen LogP contribution in [0.3, 0.4) is 0 Å². The third kappa shape index (κ3) is 4.65. The topological polar surface area (TPSA) is 47.6 Å². The maximum atomic E-state index is 12.1. The Morgan fingerprint density at radius 2 is 1.89 bits per heavy atom. The summed E-state index contributed by atoms with van der Waals surface area (Å²) in [6.45, 7) is 1.95. The molecule has 0 aromatic rings. The third-order valence-electron chi connectivity index (χ3n) is 2.97. The van der Waals surface area contributed by atoms with E-state index in [0.717, 1.165) is 12.8 Å². The summed E-state index contributed by atoms with van der Waals surface area (Å²) in [6, 6.07) is -0.0609. The van der Waals surface area contributed by atoms with E-state index in [4.69, 9.17) is 9.47 Å². The summed E-state index contributed by atoms with van der Waals surface area (Å²) in [7, 11) is 1.23. The van der Waals surface area contributed by atoms with E-state index < -0.39 is 24.3 Å². The molecule has 0 radical (unpaired) electrons. The van der Waals surface area contributed by atoms with Crippen LogP contribution in [0.5, 0.6) is 0 Å². The van der Waals surface area contributed by atoms with Gasteiger partial charge in [0.25, 0.3) is 0 Å². The first kappa shape index (κ1) is 16.2. The first-order chi connectivity index (χ1) is 8.71. The van der Waals surface area contributed by atoms with Crippen LogP contribution in [0.15, 0.2) is 0 Å². The van der Waals surface area contributed by atoms with Crippen LogP contribution in [0.1, 0.15) is 26.7 Å². The van der Waals surface area contributed by atoms with E-state index in [1.54, 1.807) is 0 Å². The predicted octanol–water partition coefficient (Wildman–Crippen LogP) is 1.89. The van der Waals surface area contributed by atoms with E-state index in [9.17, 15) is 18.0 Å². The Morgan fingerprint density at radius 1 is 1.32 bits per heavy atom. The highest BCUT2D eigenvalue weighted by Crippen LogP contribution is 2.41. The van der Waals surface area contributed by atoms with E-state index in [2.05, 4.69) is 5.32 Å². The zero-order chi connectivity index (χ0) is 14.7. The van der Waals surface area contributed by atoms with E-state index in [0.29, 0.717) is 0 Å². The first-order valence-corrected chi connectivity index (χ1v) is 6.22. The van der Waals surface area contributed by atoms with Crippen molar-refractivity contribution >= 4 is 5.97 Å². The van der Waals surface area contributed by atoms with Crippen LogP contribution < -0.4 is 5.32 Å². The number of rotatable bonds is 7. The van der Waals surface area contributed by atoms with Gasteiger partial charge in [-0.15, -0.1) is 0 Å².